The summed E-state index contributed by atoms with van der Waals surface area (Å²) in [6.07, 6.45) is 0. The third-order valence-corrected chi connectivity index (χ3v) is 13.7. The molecule has 1 aliphatic carbocycles. The molecule has 302 valence electrons. The summed E-state index contributed by atoms with van der Waals surface area (Å²) >= 11 is 0. The number of hydrogen-bond acceptors (Lipinski definition) is 1. The Morgan fingerprint density at radius 3 is 1.58 bits per heavy atom. The largest absolute Gasteiger partial charge is 0.310 e. The van der Waals surface area contributed by atoms with Crippen molar-refractivity contribution in [2.75, 3.05) is 4.90 Å². The van der Waals surface area contributed by atoms with E-state index in [0.29, 0.717) is 0 Å². The fraction of sp³-hybridized carbons (Fsp3) is 0.0476. The minimum Gasteiger partial charge on any atom is -0.310 e. The quantitative estimate of drug-likeness (QED) is 0.145. The van der Waals surface area contributed by atoms with Gasteiger partial charge < -0.3 is 4.90 Å². The van der Waals surface area contributed by atoms with Gasteiger partial charge in [-0.1, -0.05) is 214 Å². The molecule has 0 bridgehead atoms. The Morgan fingerprint density at radius 1 is 0.297 bits per heavy atom. The molecule has 0 unspecified atom stereocenters. The SMILES string of the molecule is CC1(C)c2ccccc2-c2ccc(N(c3ccc(-c4ccc(-c5ccccc5)cc4)cc3)c3cccc(-c4cccc5ccccc45)c3-c3cc4ccccc4c4ccccc34)cc21. The number of anilines is 3. The summed E-state index contributed by atoms with van der Waals surface area (Å²) in [7, 11) is 0. The zero-order chi connectivity index (χ0) is 42.8. The summed E-state index contributed by atoms with van der Waals surface area (Å²) in [5, 5.41) is 7.43. The van der Waals surface area contributed by atoms with E-state index in [-0.39, 0.29) is 5.41 Å². The van der Waals surface area contributed by atoms with Crippen molar-refractivity contribution in [3.63, 3.8) is 0 Å². The van der Waals surface area contributed by atoms with E-state index >= 15 is 0 Å². The average Bonchev–Trinajstić information content (AvgIpc) is 3.59. The van der Waals surface area contributed by atoms with E-state index in [0.717, 1.165) is 17.1 Å². The van der Waals surface area contributed by atoms with Gasteiger partial charge in [0.1, 0.15) is 0 Å². The van der Waals surface area contributed by atoms with E-state index in [9.17, 15) is 0 Å². The van der Waals surface area contributed by atoms with Gasteiger partial charge in [-0.3, -0.25) is 0 Å². The Hall–Kier alpha value is -8.00. The smallest absolute Gasteiger partial charge is 0.0546 e. The topological polar surface area (TPSA) is 3.24 Å². The van der Waals surface area contributed by atoms with Crippen LogP contribution < -0.4 is 4.90 Å². The van der Waals surface area contributed by atoms with E-state index in [1.807, 2.05) is 0 Å². The number of hydrogen-bond donors (Lipinski definition) is 0. The van der Waals surface area contributed by atoms with Gasteiger partial charge in [-0.15, -0.1) is 0 Å². The average molecular weight is 816 g/mol. The van der Waals surface area contributed by atoms with Gasteiger partial charge in [0, 0.05) is 22.4 Å². The lowest BCUT2D eigenvalue weighted by Crippen LogP contribution is -2.17. The number of nitrogens with zero attached hydrogens (tertiary/aromatic N) is 1. The highest BCUT2D eigenvalue weighted by molar-refractivity contribution is 6.17. The predicted octanol–water partition coefficient (Wildman–Crippen LogP) is 17.6. The molecule has 0 radical (unpaired) electrons. The number of fused-ring (bicyclic) bond motifs is 7. The molecule has 1 nitrogen and oxygen atoms in total. The first-order chi connectivity index (χ1) is 31.5. The minimum atomic E-state index is -0.161. The molecule has 0 atom stereocenters. The lowest BCUT2D eigenvalue weighted by molar-refractivity contribution is 0.660. The van der Waals surface area contributed by atoms with Gasteiger partial charge in [0.25, 0.3) is 0 Å². The lowest BCUT2D eigenvalue weighted by Gasteiger charge is -2.31. The summed E-state index contributed by atoms with van der Waals surface area (Å²) in [4.78, 5) is 2.51. The highest BCUT2D eigenvalue weighted by Crippen LogP contribution is 2.53. The molecule has 64 heavy (non-hydrogen) atoms. The van der Waals surface area contributed by atoms with Gasteiger partial charge in [-0.25, -0.2) is 0 Å². The predicted molar refractivity (Wildman–Crippen MR) is 273 cm³/mol. The van der Waals surface area contributed by atoms with Crippen molar-refractivity contribution in [1.82, 2.24) is 0 Å². The van der Waals surface area contributed by atoms with E-state index in [4.69, 9.17) is 0 Å². The van der Waals surface area contributed by atoms with Crippen LogP contribution in [0.25, 0.3) is 88.0 Å². The molecular formula is C63H45N. The highest BCUT2D eigenvalue weighted by Gasteiger charge is 2.36. The summed E-state index contributed by atoms with van der Waals surface area (Å²) < 4.78 is 0. The maximum Gasteiger partial charge on any atom is 0.0546 e. The van der Waals surface area contributed by atoms with Gasteiger partial charge in [0.2, 0.25) is 0 Å². The standard InChI is InChI=1S/C63H45N/c1-63(2)59-28-13-12-25-55(59)56-39-38-49(41-60(56)63)64(48-36-34-45(35-37-48)44-32-30-43(31-33-44)42-16-4-3-5-17-42)61-29-15-27-57(53-26-14-20-46-18-6-8-21-50(46)53)62(61)58-40-47-19-7-9-22-51(47)52-23-10-11-24-54(52)58/h3-41H,1-2H3. The van der Waals surface area contributed by atoms with E-state index in [1.165, 1.54) is 99.1 Å². The van der Waals surface area contributed by atoms with Crippen molar-refractivity contribution in [1.29, 1.82) is 0 Å². The van der Waals surface area contributed by atoms with E-state index in [2.05, 4.69) is 255 Å². The maximum absolute atomic E-state index is 2.51. The second-order valence-corrected chi connectivity index (χ2v) is 17.6. The molecule has 0 fully saturated rings. The number of rotatable bonds is 7. The molecule has 0 aromatic heterocycles. The molecule has 12 rings (SSSR count). The molecule has 0 spiro atoms. The van der Waals surface area contributed by atoms with Gasteiger partial charge in [-0.2, -0.15) is 0 Å². The van der Waals surface area contributed by atoms with Gasteiger partial charge in [0.15, 0.2) is 0 Å². The van der Waals surface area contributed by atoms with Crippen molar-refractivity contribution >= 4 is 49.4 Å². The van der Waals surface area contributed by atoms with Crippen LogP contribution in [0, 0.1) is 0 Å². The van der Waals surface area contributed by atoms with Crippen molar-refractivity contribution in [2.24, 2.45) is 0 Å². The lowest BCUT2D eigenvalue weighted by atomic mass is 9.82. The molecule has 11 aromatic carbocycles. The highest BCUT2D eigenvalue weighted by atomic mass is 15.1. The Bertz CT molecular complexity index is 3560. The second-order valence-electron chi connectivity index (χ2n) is 17.6. The van der Waals surface area contributed by atoms with Crippen LogP contribution in [0.15, 0.2) is 237 Å². The number of benzene rings is 11. The molecule has 0 amide bonds. The monoisotopic (exact) mass is 815 g/mol. The summed E-state index contributed by atoms with van der Waals surface area (Å²) in [5.41, 5.74) is 18.2. The Balaban J connectivity index is 1.12. The molecule has 1 aliphatic rings. The maximum atomic E-state index is 2.51. The van der Waals surface area contributed by atoms with Crippen LogP contribution >= 0.6 is 0 Å². The summed E-state index contributed by atoms with van der Waals surface area (Å²) in [6, 6.07) is 87.4. The zero-order valence-corrected chi connectivity index (χ0v) is 36.0. The molecule has 0 N–H and O–H groups in total. The third-order valence-electron chi connectivity index (χ3n) is 13.7. The van der Waals surface area contributed by atoms with Crippen LogP contribution in [-0.4, -0.2) is 0 Å². The Labute approximate surface area is 375 Å². The van der Waals surface area contributed by atoms with Crippen molar-refractivity contribution in [3.05, 3.63) is 248 Å². The van der Waals surface area contributed by atoms with Gasteiger partial charge in [0.05, 0.1) is 5.69 Å². The fourth-order valence-electron chi connectivity index (χ4n) is 10.5. The molecular weight excluding hydrogens is 771 g/mol. The van der Waals surface area contributed by atoms with Crippen LogP contribution in [0.2, 0.25) is 0 Å². The molecule has 0 heterocycles. The minimum absolute atomic E-state index is 0.161. The first-order valence-corrected chi connectivity index (χ1v) is 22.3. The van der Waals surface area contributed by atoms with E-state index in [1.54, 1.807) is 0 Å². The van der Waals surface area contributed by atoms with Crippen LogP contribution in [0.5, 0.6) is 0 Å². The van der Waals surface area contributed by atoms with Crippen molar-refractivity contribution in [2.45, 2.75) is 19.3 Å². The van der Waals surface area contributed by atoms with Crippen molar-refractivity contribution < 1.29 is 0 Å². The molecule has 11 aromatic rings. The van der Waals surface area contributed by atoms with Gasteiger partial charge in [-0.05, 0) is 130 Å². The fourth-order valence-corrected chi connectivity index (χ4v) is 10.5. The molecule has 0 aliphatic heterocycles. The molecule has 0 saturated carbocycles. The summed E-state index contributed by atoms with van der Waals surface area (Å²) in [6.45, 7) is 4.74. The first kappa shape index (κ1) is 37.7. The van der Waals surface area contributed by atoms with Crippen molar-refractivity contribution in [3.8, 4) is 55.6 Å². The van der Waals surface area contributed by atoms with Crippen LogP contribution in [0.3, 0.4) is 0 Å². The van der Waals surface area contributed by atoms with Crippen LogP contribution in [0.1, 0.15) is 25.0 Å². The van der Waals surface area contributed by atoms with Crippen LogP contribution in [0.4, 0.5) is 17.1 Å². The molecule has 1 heteroatoms. The van der Waals surface area contributed by atoms with E-state index < -0.39 is 0 Å². The first-order valence-electron chi connectivity index (χ1n) is 22.3. The Morgan fingerprint density at radius 2 is 0.812 bits per heavy atom. The van der Waals surface area contributed by atoms with Gasteiger partial charge >= 0.3 is 0 Å². The molecule has 0 saturated heterocycles. The Kier molecular flexibility index (Phi) is 8.91. The normalized spacial score (nSPS) is 12.7. The second kappa shape index (κ2) is 15.1. The zero-order valence-electron chi connectivity index (χ0n) is 36.0. The third kappa shape index (κ3) is 6.15. The van der Waals surface area contributed by atoms with Crippen LogP contribution in [-0.2, 0) is 5.41 Å². The summed E-state index contributed by atoms with van der Waals surface area (Å²) in [5.74, 6) is 0.